The summed E-state index contributed by atoms with van der Waals surface area (Å²) in [6.07, 6.45) is 3.26. The Balaban J connectivity index is 1.57. The molecule has 1 N–H and O–H groups in total. The maximum atomic E-state index is 12.5. The largest absolute Gasteiger partial charge is 0.323 e. The van der Waals surface area contributed by atoms with Gasteiger partial charge in [-0.25, -0.2) is 0 Å². The number of rotatable bonds is 3. The number of para-hydroxylation sites is 1. The van der Waals surface area contributed by atoms with E-state index < -0.39 is 0 Å². The van der Waals surface area contributed by atoms with Crippen LogP contribution in [0.3, 0.4) is 0 Å². The van der Waals surface area contributed by atoms with E-state index in [9.17, 15) is 9.59 Å². The summed E-state index contributed by atoms with van der Waals surface area (Å²) in [4.78, 5) is 29.1. The number of anilines is 1. The van der Waals surface area contributed by atoms with Gasteiger partial charge in [-0.2, -0.15) is 0 Å². The number of hydrogen-bond donors (Lipinski definition) is 1. The summed E-state index contributed by atoms with van der Waals surface area (Å²) >= 11 is 0. The van der Waals surface area contributed by atoms with Gasteiger partial charge in [0.25, 0.3) is 5.56 Å². The lowest BCUT2D eigenvalue weighted by Gasteiger charge is -2.09. The van der Waals surface area contributed by atoms with E-state index in [2.05, 4.69) is 10.3 Å². The summed E-state index contributed by atoms with van der Waals surface area (Å²) in [6, 6.07) is 18.7. The second kappa shape index (κ2) is 6.20. The minimum Gasteiger partial charge on any atom is -0.323 e. The van der Waals surface area contributed by atoms with E-state index in [1.165, 1.54) is 4.57 Å². The Morgan fingerprint density at radius 3 is 2.64 bits per heavy atom. The Hall–Kier alpha value is -3.47. The van der Waals surface area contributed by atoms with Gasteiger partial charge in [0.15, 0.2) is 0 Å². The number of hydrogen-bond acceptors (Lipinski definition) is 3. The third-order valence-electron chi connectivity index (χ3n) is 4.07. The summed E-state index contributed by atoms with van der Waals surface area (Å²) in [5, 5.41) is 5.21. The molecule has 2 aromatic heterocycles. The van der Waals surface area contributed by atoms with Crippen LogP contribution in [0.5, 0.6) is 0 Å². The first-order valence-electron chi connectivity index (χ1n) is 7.93. The van der Waals surface area contributed by atoms with Gasteiger partial charge in [0, 0.05) is 17.0 Å². The molecule has 5 heteroatoms. The van der Waals surface area contributed by atoms with Crippen LogP contribution in [-0.2, 0) is 11.3 Å². The van der Waals surface area contributed by atoms with Gasteiger partial charge < -0.3 is 9.88 Å². The standard InChI is InChI=1S/C20H15N3O2/c24-19(22-16-11-15-6-2-4-8-18(15)21-12-16)13-23-10-9-14-5-1-3-7-17(14)20(23)25/h1-12H,13H2,(H,22,24). The number of aromatic nitrogens is 2. The zero-order chi connectivity index (χ0) is 17.2. The summed E-state index contributed by atoms with van der Waals surface area (Å²) in [5.41, 5.74) is 1.30. The lowest BCUT2D eigenvalue weighted by atomic mass is 10.2. The number of benzene rings is 2. The van der Waals surface area contributed by atoms with Crippen LogP contribution < -0.4 is 10.9 Å². The first-order valence-corrected chi connectivity index (χ1v) is 7.93. The van der Waals surface area contributed by atoms with E-state index in [4.69, 9.17) is 0 Å². The third kappa shape index (κ3) is 2.99. The van der Waals surface area contributed by atoms with E-state index in [-0.39, 0.29) is 18.0 Å². The molecule has 4 aromatic rings. The molecular formula is C20H15N3O2. The maximum Gasteiger partial charge on any atom is 0.258 e. The van der Waals surface area contributed by atoms with Gasteiger partial charge in [0.1, 0.15) is 6.54 Å². The van der Waals surface area contributed by atoms with Crippen molar-refractivity contribution in [1.82, 2.24) is 9.55 Å². The zero-order valence-electron chi connectivity index (χ0n) is 13.3. The van der Waals surface area contributed by atoms with Gasteiger partial charge in [-0.3, -0.25) is 14.6 Å². The second-order valence-electron chi connectivity index (χ2n) is 5.80. The quantitative estimate of drug-likeness (QED) is 0.628. The fourth-order valence-corrected chi connectivity index (χ4v) is 2.85. The number of pyridine rings is 2. The molecule has 0 unspecified atom stereocenters. The summed E-state index contributed by atoms with van der Waals surface area (Å²) < 4.78 is 1.41. The van der Waals surface area contributed by atoms with Crippen molar-refractivity contribution in [3.63, 3.8) is 0 Å². The molecule has 2 aromatic carbocycles. The number of carbonyl (C=O) groups is 1. The summed E-state index contributed by atoms with van der Waals surface area (Å²) in [7, 11) is 0. The zero-order valence-corrected chi connectivity index (χ0v) is 13.3. The topological polar surface area (TPSA) is 64.0 Å². The predicted molar refractivity (Wildman–Crippen MR) is 98.6 cm³/mol. The van der Waals surface area contributed by atoms with Crippen molar-refractivity contribution in [2.45, 2.75) is 6.54 Å². The summed E-state index contributed by atoms with van der Waals surface area (Å²) in [6.45, 7) is -0.0451. The van der Waals surface area contributed by atoms with Gasteiger partial charge in [0.05, 0.1) is 17.4 Å². The lowest BCUT2D eigenvalue weighted by molar-refractivity contribution is -0.116. The molecule has 0 bridgehead atoms. The monoisotopic (exact) mass is 329 g/mol. The molecule has 0 spiro atoms. The molecule has 0 atom stereocenters. The molecule has 5 nitrogen and oxygen atoms in total. The van der Waals surface area contributed by atoms with Gasteiger partial charge in [-0.1, -0.05) is 36.4 Å². The van der Waals surface area contributed by atoms with Crippen molar-refractivity contribution < 1.29 is 4.79 Å². The molecule has 0 aliphatic rings. The Labute approximate surface area is 143 Å². The molecule has 25 heavy (non-hydrogen) atoms. The third-order valence-corrected chi connectivity index (χ3v) is 4.07. The first-order chi connectivity index (χ1) is 12.2. The van der Waals surface area contributed by atoms with Crippen LogP contribution in [0.2, 0.25) is 0 Å². The molecule has 0 radical (unpaired) electrons. The molecule has 0 saturated carbocycles. The van der Waals surface area contributed by atoms with Gasteiger partial charge >= 0.3 is 0 Å². The number of nitrogens with one attached hydrogen (secondary N) is 1. The normalized spacial score (nSPS) is 10.9. The minimum absolute atomic E-state index is 0.0451. The van der Waals surface area contributed by atoms with Crippen molar-refractivity contribution >= 4 is 33.3 Å². The van der Waals surface area contributed by atoms with Crippen molar-refractivity contribution in [2.75, 3.05) is 5.32 Å². The van der Waals surface area contributed by atoms with Crippen molar-refractivity contribution in [2.24, 2.45) is 0 Å². The smallest absolute Gasteiger partial charge is 0.258 e. The van der Waals surface area contributed by atoms with E-state index in [0.29, 0.717) is 11.1 Å². The average molecular weight is 329 g/mol. The first kappa shape index (κ1) is 15.1. The molecule has 0 aliphatic heterocycles. The Kier molecular flexibility index (Phi) is 3.74. The molecule has 4 rings (SSSR count). The highest BCUT2D eigenvalue weighted by atomic mass is 16.2. The van der Waals surface area contributed by atoms with Crippen molar-refractivity contribution in [1.29, 1.82) is 0 Å². The highest BCUT2D eigenvalue weighted by Crippen LogP contribution is 2.16. The summed E-state index contributed by atoms with van der Waals surface area (Å²) in [5.74, 6) is -0.269. The highest BCUT2D eigenvalue weighted by Gasteiger charge is 2.08. The average Bonchev–Trinajstić information content (AvgIpc) is 2.64. The number of fused-ring (bicyclic) bond motifs is 2. The van der Waals surface area contributed by atoms with Crippen LogP contribution in [-0.4, -0.2) is 15.5 Å². The Bertz CT molecular complexity index is 1150. The lowest BCUT2D eigenvalue weighted by Crippen LogP contribution is -2.27. The predicted octanol–water partition coefficient (Wildman–Crippen LogP) is 3.19. The number of carbonyl (C=O) groups excluding carboxylic acids is 1. The van der Waals surface area contributed by atoms with Crippen molar-refractivity contribution in [3.05, 3.63) is 83.4 Å². The maximum absolute atomic E-state index is 12.5. The Morgan fingerprint density at radius 2 is 1.76 bits per heavy atom. The van der Waals surface area contributed by atoms with Crippen LogP contribution in [0.4, 0.5) is 5.69 Å². The SMILES string of the molecule is O=C(Cn1ccc2ccccc2c1=O)Nc1cnc2ccccc2c1. The molecule has 2 heterocycles. The molecule has 0 saturated heterocycles. The van der Waals surface area contributed by atoms with Crippen molar-refractivity contribution in [3.8, 4) is 0 Å². The highest BCUT2D eigenvalue weighted by molar-refractivity contribution is 5.93. The van der Waals surface area contributed by atoms with E-state index in [0.717, 1.165) is 16.3 Å². The molecule has 122 valence electrons. The van der Waals surface area contributed by atoms with Gasteiger partial charge in [0.2, 0.25) is 5.91 Å². The molecular weight excluding hydrogens is 314 g/mol. The van der Waals surface area contributed by atoms with Crippen LogP contribution in [0.25, 0.3) is 21.7 Å². The molecule has 0 fully saturated rings. The van der Waals surface area contributed by atoms with E-state index in [1.54, 1.807) is 18.5 Å². The van der Waals surface area contributed by atoms with Crippen LogP contribution in [0.15, 0.2) is 77.9 Å². The molecule has 0 aliphatic carbocycles. The van der Waals surface area contributed by atoms with Gasteiger partial charge in [-0.05, 0) is 29.7 Å². The van der Waals surface area contributed by atoms with Gasteiger partial charge in [-0.15, -0.1) is 0 Å². The van der Waals surface area contributed by atoms with E-state index in [1.807, 2.05) is 54.6 Å². The Morgan fingerprint density at radius 1 is 1.00 bits per heavy atom. The number of amides is 1. The van der Waals surface area contributed by atoms with Crippen LogP contribution in [0.1, 0.15) is 0 Å². The van der Waals surface area contributed by atoms with E-state index >= 15 is 0 Å². The fourth-order valence-electron chi connectivity index (χ4n) is 2.85. The molecule has 1 amide bonds. The second-order valence-corrected chi connectivity index (χ2v) is 5.80. The number of nitrogens with zero attached hydrogens (tertiary/aromatic N) is 2. The fraction of sp³-hybridized carbons (Fsp3) is 0.0500. The van der Waals surface area contributed by atoms with Crippen LogP contribution in [0, 0.1) is 0 Å². The van der Waals surface area contributed by atoms with Crippen LogP contribution >= 0.6 is 0 Å². The minimum atomic E-state index is -0.269.